The summed E-state index contributed by atoms with van der Waals surface area (Å²) in [5.74, 6) is -3.57. The SMILES string of the molecule is CCOC(=O)c1c(NC(=O)COC(=O)C(NC(=O)c2ccco2)C(C)C)sc(C(=O)NC)c1C. The first-order valence-corrected chi connectivity index (χ1v) is 11.3. The van der Waals surface area contributed by atoms with E-state index in [4.69, 9.17) is 13.9 Å². The van der Waals surface area contributed by atoms with Gasteiger partial charge in [-0.3, -0.25) is 14.4 Å². The average Bonchev–Trinajstić information content (AvgIpc) is 3.43. The lowest BCUT2D eigenvalue weighted by molar-refractivity contribution is -0.150. The summed E-state index contributed by atoms with van der Waals surface area (Å²) in [4.78, 5) is 61.9. The maximum atomic E-state index is 12.5. The number of furan rings is 1. The van der Waals surface area contributed by atoms with Crippen LogP contribution < -0.4 is 16.0 Å². The van der Waals surface area contributed by atoms with Crippen LogP contribution in [0.1, 0.15) is 56.9 Å². The molecule has 0 saturated carbocycles. The van der Waals surface area contributed by atoms with Crippen LogP contribution in [-0.4, -0.2) is 56.0 Å². The molecule has 0 aliphatic rings. The van der Waals surface area contributed by atoms with E-state index in [-0.39, 0.29) is 33.7 Å². The number of anilines is 1. The zero-order valence-corrected chi connectivity index (χ0v) is 20.3. The number of amides is 3. The predicted molar refractivity (Wildman–Crippen MR) is 123 cm³/mol. The number of nitrogens with one attached hydrogen (secondary N) is 3. The fourth-order valence-electron chi connectivity index (χ4n) is 2.89. The van der Waals surface area contributed by atoms with Crippen LogP contribution in [-0.2, 0) is 19.1 Å². The van der Waals surface area contributed by atoms with Gasteiger partial charge in [-0.2, -0.15) is 0 Å². The molecule has 0 aliphatic heterocycles. The van der Waals surface area contributed by atoms with E-state index in [0.29, 0.717) is 5.56 Å². The number of carbonyl (C=O) groups is 5. The summed E-state index contributed by atoms with van der Waals surface area (Å²) in [5, 5.41) is 7.58. The maximum Gasteiger partial charge on any atom is 0.341 e. The minimum atomic E-state index is -1.02. The Hall–Kier alpha value is -3.67. The van der Waals surface area contributed by atoms with Crippen molar-refractivity contribution in [3.05, 3.63) is 40.2 Å². The molecule has 2 rings (SSSR count). The Morgan fingerprint density at radius 3 is 2.38 bits per heavy atom. The summed E-state index contributed by atoms with van der Waals surface area (Å²) in [6, 6.07) is 1.96. The van der Waals surface area contributed by atoms with Crippen LogP contribution in [0.4, 0.5) is 5.00 Å². The third-order valence-electron chi connectivity index (χ3n) is 4.61. The topological polar surface area (TPSA) is 153 Å². The smallest absolute Gasteiger partial charge is 0.341 e. The number of hydrogen-bond donors (Lipinski definition) is 3. The summed E-state index contributed by atoms with van der Waals surface area (Å²) in [5.41, 5.74) is 0.409. The van der Waals surface area contributed by atoms with Crippen molar-refractivity contribution >= 4 is 46.0 Å². The van der Waals surface area contributed by atoms with E-state index >= 15 is 0 Å². The second-order valence-electron chi connectivity index (χ2n) is 7.39. The van der Waals surface area contributed by atoms with Crippen molar-refractivity contribution < 1.29 is 37.9 Å². The molecule has 2 aromatic rings. The largest absolute Gasteiger partial charge is 0.462 e. The lowest BCUT2D eigenvalue weighted by atomic mass is 10.0. The molecule has 2 aromatic heterocycles. The van der Waals surface area contributed by atoms with Gasteiger partial charge in [0.05, 0.1) is 23.3 Å². The molecule has 0 saturated heterocycles. The molecule has 184 valence electrons. The normalized spacial score (nSPS) is 11.5. The fourth-order valence-corrected chi connectivity index (χ4v) is 4.05. The van der Waals surface area contributed by atoms with E-state index in [1.54, 1.807) is 27.7 Å². The highest BCUT2D eigenvalue weighted by Crippen LogP contribution is 2.33. The first-order valence-electron chi connectivity index (χ1n) is 10.4. The molecule has 0 radical (unpaired) electrons. The number of esters is 2. The lowest BCUT2D eigenvalue weighted by Gasteiger charge is -2.20. The Kier molecular flexibility index (Phi) is 9.36. The number of hydrogen-bond acceptors (Lipinski definition) is 9. The molecule has 0 aliphatic carbocycles. The maximum absolute atomic E-state index is 12.5. The van der Waals surface area contributed by atoms with Crippen molar-refractivity contribution in [1.29, 1.82) is 0 Å². The Balaban J connectivity index is 2.09. The van der Waals surface area contributed by atoms with Crippen LogP contribution in [0.25, 0.3) is 0 Å². The predicted octanol–water partition coefficient (Wildman–Crippen LogP) is 2.12. The quantitative estimate of drug-likeness (QED) is 0.426. The van der Waals surface area contributed by atoms with Crippen molar-refractivity contribution in [2.75, 3.05) is 25.6 Å². The third kappa shape index (κ3) is 6.44. The third-order valence-corrected chi connectivity index (χ3v) is 5.82. The number of rotatable bonds is 10. The molecular weight excluding hydrogens is 466 g/mol. The highest BCUT2D eigenvalue weighted by molar-refractivity contribution is 7.18. The van der Waals surface area contributed by atoms with E-state index in [2.05, 4.69) is 16.0 Å². The fraction of sp³-hybridized carbons (Fsp3) is 0.409. The summed E-state index contributed by atoms with van der Waals surface area (Å²) < 4.78 is 15.1. The Bertz CT molecular complexity index is 1060. The molecule has 12 heteroatoms. The van der Waals surface area contributed by atoms with E-state index in [1.807, 2.05) is 0 Å². The molecule has 3 amide bonds. The van der Waals surface area contributed by atoms with E-state index < -0.39 is 42.3 Å². The van der Waals surface area contributed by atoms with E-state index in [0.717, 1.165) is 11.3 Å². The molecular formula is C22H27N3O8S. The van der Waals surface area contributed by atoms with Gasteiger partial charge in [-0.25, -0.2) is 9.59 Å². The van der Waals surface area contributed by atoms with Gasteiger partial charge in [-0.1, -0.05) is 13.8 Å². The van der Waals surface area contributed by atoms with Crippen LogP contribution >= 0.6 is 11.3 Å². The average molecular weight is 494 g/mol. The molecule has 2 heterocycles. The van der Waals surface area contributed by atoms with Crippen LogP contribution in [0, 0.1) is 12.8 Å². The molecule has 0 aromatic carbocycles. The summed E-state index contributed by atoms with van der Waals surface area (Å²) >= 11 is 0.901. The molecule has 1 atom stereocenters. The molecule has 11 nitrogen and oxygen atoms in total. The van der Waals surface area contributed by atoms with E-state index in [1.165, 1.54) is 25.4 Å². The highest BCUT2D eigenvalue weighted by atomic mass is 32.1. The molecule has 0 fully saturated rings. The van der Waals surface area contributed by atoms with Gasteiger partial charge in [-0.15, -0.1) is 11.3 Å². The monoisotopic (exact) mass is 493 g/mol. The zero-order valence-electron chi connectivity index (χ0n) is 19.5. The van der Waals surface area contributed by atoms with Gasteiger partial charge in [0.2, 0.25) is 0 Å². The summed E-state index contributed by atoms with van der Waals surface area (Å²) in [6.07, 6.45) is 1.33. The Labute approximate surface area is 200 Å². The molecule has 0 spiro atoms. The molecule has 3 N–H and O–H groups in total. The van der Waals surface area contributed by atoms with Crippen molar-refractivity contribution in [1.82, 2.24) is 10.6 Å². The van der Waals surface area contributed by atoms with Crippen molar-refractivity contribution in [2.45, 2.75) is 33.7 Å². The van der Waals surface area contributed by atoms with Crippen molar-refractivity contribution in [2.24, 2.45) is 5.92 Å². The van der Waals surface area contributed by atoms with E-state index in [9.17, 15) is 24.0 Å². The number of thiophene rings is 1. The molecule has 34 heavy (non-hydrogen) atoms. The first kappa shape index (κ1) is 26.6. The first-order chi connectivity index (χ1) is 16.1. The number of carbonyl (C=O) groups excluding carboxylic acids is 5. The van der Waals surface area contributed by atoms with Gasteiger partial charge in [0.25, 0.3) is 17.7 Å². The van der Waals surface area contributed by atoms with Crippen LogP contribution in [0.2, 0.25) is 0 Å². The lowest BCUT2D eigenvalue weighted by Crippen LogP contribution is -2.45. The molecule has 0 bridgehead atoms. The second kappa shape index (κ2) is 12.0. The summed E-state index contributed by atoms with van der Waals surface area (Å²) in [6.45, 7) is 6.04. The summed E-state index contributed by atoms with van der Waals surface area (Å²) in [7, 11) is 1.44. The van der Waals surface area contributed by atoms with Crippen LogP contribution in [0.3, 0.4) is 0 Å². The highest BCUT2D eigenvalue weighted by Gasteiger charge is 2.29. The Morgan fingerprint density at radius 2 is 1.82 bits per heavy atom. The van der Waals surface area contributed by atoms with Gasteiger partial charge in [0.15, 0.2) is 12.4 Å². The molecule has 1 unspecified atom stereocenters. The zero-order chi connectivity index (χ0) is 25.4. The minimum Gasteiger partial charge on any atom is -0.462 e. The van der Waals surface area contributed by atoms with Gasteiger partial charge in [0, 0.05) is 7.05 Å². The Morgan fingerprint density at radius 1 is 1.12 bits per heavy atom. The van der Waals surface area contributed by atoms with Crippen LogP contribution in [0.15, 0.2) is 22.8 Å². The van der Waals surface area contributed by atoms with Crippen molar-refractivity contribution in [3.8, 4) is 0 Å². The van der Waals surface area contributed by atoms with Gasteiger partial charge in [-0.05, 0) is 37.5 Å². The van der Waals surface area contributed by atoms with Gasteiger partial charge >= 0.3 is 11.9 Å². The van der Waals surface area contributed by atoms with Crippen molar-refractivity contribution in [3.63, 3.8) is 0 Å². The number of ether oxygens (including phenoxy) is 2. The van der Waals surface area contributed by atoms with Gasteiger partial charge in [0.1, 0.15) is 11.0 Å². The minimum absolute atomic E-state index is 0.0303. The van der Waals surface area contributed by atoms with Crippen LogP contribution in [0.5, 0.6) is 0 Å². The second-order valence-corrected chi connectivity index (χ2v) is 8.41. The van der Waals surface area contributed by atoms with Gasteiger partial charge < -0.3 is 29.8 Å². The standard InChI is InChI=1S/C22H27N3O8S/c1-6-31-21(29)15-12(4)17(19(28)23-5)34-20(15)24-14(26)10-33-22(30)16(11(2)3)25-18(27)13-8-7-9-32-13/h7-9,11,16H,6,10H2,1-5H3,(H,23,28)(H,24,26)(H,25,27).